The lowest BCUT2D eigenvalue weighted by Crippen LogP contribution is -2.59. The van der Waals surface area contributed by atoms with Crippen LogP contribution in [0, 0.1) is 0 Å². The second-order valence-corrected chi connectivity index (χ2v) is 5.03. The maximum absolute atomic E-state index is 11.6. The van der Waals surface area contributed by atoms with E-state index in [0.29, 0.717) is 6.54 Å². The van der Waals surface area contributed by atoms with Crippen LogP contribution in [0.4, 0.5) is 5.69 Å². The number of benzene rings is 1. The van der Waals surface area contributed by atoms with E-state index in [0.717, 1.165) is 19.5 Å². The monoisotopic (exact) mass is 247 g/mol. The minimum Gasteiger partial charge on any atom is -0.369 e. The zero-order chi connectivity index (χ0) is 13.2. The van der Waals surface area contributed by atoms with Gasteiger partial charge in [-0.15, -0.1) is 0 Å². The van der Waals surface area contributed by atoms with Gasteiger partial charge in [0.05, 0.1) is 0 Å². The summed E-state index contributed by atoms with van der Waals surface area (Å²) in [5, 5.41) is 3.20. The Balaban J connectivity index is 2.17. The predicted octanol–water partition coefficient (Wildman–Crippen LogP) is 0.903. The zero-order valence-electron chi connectivity index (χ0n) is 11.1. The van der Waals surface area contributed by atoms with Crippen molar-refractivity contribution >= 4 is 11.6 Å². The lowest BCUT2D eigenvalue weighted by Gasteiger charge is -2.33. The van der Waals surface area contributed by atoms with Gasteiger partial charge in [-0.2, -0.15) is 0 Å². The fourth-order valence-corrected chi connectivity index (χ4v) is 2.56. The standard InChI is InChI=1S/C14H21N3O/c1-3-16-14(2,13(15)18)10-17-9-8-11-6-4-5-7-12(11)17/h4-7,16H,3,8-10H2,1-2H3,(H2,15,18). The Morgan fingerprint density at radius 3 is 2.89 bits per heavy atom. The molecular formula is C14H21N3O. The average Bonchev–Trinajstić information content (AvgIpc) is 2.73. The molecule has 4 nitrogen and oxygen atoms in total. The second kappa shape index (κ2) is 4.98. The molecule has 1 atom stereocenters. The van der Waals surface area contributed by atoms with Gasteiger partial charge in [-0.3, -0.25) is 4.79 Å². The van der Waals surface area contributed by atoms with Gasteiger partial charge in [0.25, 0.3) is 0 Å². The molecule has 1 aliphatic heterocycles. The Morgan fingerprint density at radius 2 is 2.22 bits per heavy atom. The molecule has 18 heavy (non-hydrogen) atoms. The van der Waals surface area contributed by atoms with Crippen molar-refractivity contribution in [1.82, 2.24) is 5.32 Å². The van der Waals surface area contributed by atoms with Crippen LogP contribution >= 0.6 is 0 Å². The third kappa shape index (κ3) is 2.34. The Hall–Kier alpha value is -1.55. The first-order valence-corrected chi connectivity index (χ1v) is 6.44. The molecule has 1 aromatic carbocycles. The van der Waals surface area contributed by atoms with Crippen molar-refractivity contribution in [2.24, 2.45) is 5.73 Å². The van der Waals surface area contributed by atoms with E-state index in [1.54, 1.807) is 0 Å². The number of nitrogens with zero attached hydrogens (tertiary/aromatic N) is 1. The predicted molar refractivity (Wildman–Crippen MR) is 73.6 cm³/mol. The van der Waals surface area contributed by atoms with Crippen molar-refractivity contribution in [1.29, 1.82) is 0 Å². The molecule has 3 N–H and O–H groups in total. The van der Waals surface area contributed by atoms with Crippen LogP contribution in [0.5, 0.6) is 0 Å². The summed E-state index contributed by atoms with van der Waals surface area (Å²) in [4.78, 5) is 13.9. The Labute approximate surface area is 108 Å². The molecule has 98 valence electrons. The Kier molecular flexibility index (Phi) is 3.57. The SMILES string of the molecule is CCNC(C)(CN1CCc2ccccc21)C(N)=O. The van der Waals surface area contributed by atoms with Gasteiger partial charge in [0.2, 0.25) is 5.91 Å². The maximum atomic E-state index is 11.6. The molecule has 1 unspecified atom stereocenters. The fraction of sp³-hybridized carbons (Fsp3) is 0.500. The maximum Gasteiger partial charge on any atom is 0.239 e. The molecule has 0 radical (unpaired) electrons. The van der Waals surface area contributed by atoms with E-state index in [1.807, 2.05) is 19.9 Å². The Morgan fingerprint density at radius 1 is 1.50 bits per heavy atom. The molecule has 1 aliphatic rings. The quantitative estimate of drug-likeness (QED) is 0.813. The van der Waals surface area contributed by atoms with Crippen molar-refractivity contribution in [2.45, 2.75) is 25.8 Å². The summed E-state index contributed by atoms with van der Waals surface area (Å²) in [5.41, 5.74) is 7.43. The van der Waals surface area contributed by atoms with Crippen LogP contribution in [0.3, 0.4) is 0 Å². The van der Waals surface area contributed by atoms with E-state index in [9.17, 15) is 4.79 Å². The van der Waals surface area contributed by atoms with Crippen LogP contribution in [0.2, 0.25) is 0 Å². The normalized spacial score (nSPS) is 17.3. The number of amides is 1. The van der Waals surface area contributed by atoms with Gasteiger partial charge >= 0.3 is 0 Å². The number of likely N-dealkylation sites (N-methyl/N-ethyl adjacent to an activating group) is 1. The van der Waals surface area contributed by atoms with E-state index in [-0.39, 0.29) is 5.91 Å². The van der Waals surface area contributed by atoms with Gasteiger partial charge in [0.15, 0.2) is 0 Å². The van der Waals surface area contributed by atoms with E-state index in [4.69, 9.17) is 5.73 Å². The number of primary amides is 1. The number of carbonyl (C=O) groups is 1. The summed E-state index contributed by atoms with van der Waals surface area (Å²) in [6.07, 6.45) is 1.04. The van der Waals surface area contributed by atoms with Crippen LogP contribution in [0.1, 0.15) is 19.4 Å². The largest absolute Gasteiger partial charge is 0.369 e. The van der Waals surface area contributed by atoms with Gasteiger partial charge in [-0.25, -0.2) is 0 Å². The van der Waals surface area contributed by atoms with Gasteiger partial charge in [-0.1, -0.05) is 25.1 Å². The molecule has 0 bridgehead atoms. The number of nitrogens with two attached hydrogens (primary N) is 1. The molecule has 4 heteroatoms. The zero-order valence-corrected chi connectivity index (χ0v) is 11.1. The van der Waals surface area contributed by atoms with Crippen molar-refractivity contribution < 1.29 is 4.79 Å². The van der Waals surface area contributed by atoms with Crippen LogP contribution in [-0.2, 0) is 11.2 Å². The average molecular weight is 247 g/mol. The number of hydrogen-bond donors (Lipinski definition) is 2. The first-order valence-electron chi connectivity index (χ1n) is 6.44. The molecular weight excluding hydrogens is 226 g/mol. The molecule has 0 saturated heterocycles. The fourth-order valence-electron chi connectivity index (χ4n) is 2.56. The van der Waals surface area contributed by atoms with E-state index < -0.39 is 5.54 Å². The van der Waals surface area contributed by atoms with Crippen molar-refractivity contribution in [3.05, 3.63) is 29.8 Å². The Bertz CT molecular complexity index is 446. The third-order valence-electron chi connectivity index (χ3n) is 3.60. The van der Waals surface area contributed by atoms with Crippen LogP contribution in [-0.4, -0.2) is 31.1 Å². The smallest absolute Gasteiger partial charge is 0.239 e. The highest BCUT2D eigenvalue weighted by Gasteiger charge is 2.34. The van der Waals surface area contributed by atoms with Gasteiger partial charge < -0.3 is 16.0 Å². The number of hydrogen-bond acceptors (Lipinski definition) is 3. The van der Waals surface area contributed by atoms with Gasteiger partial charge in [0, 0.05) is 18.8 Å². The molecule has 0 fully saturated rings. The number of para-hydroxylation sites is 1. The number of nitrogens with one attached hydrogen (secondary N) is 1. The molecule has 0 aromatic heterocycles. The molecule has 2 rings (SSSR count). The summed E-state index contributed by atoms with van der Waals surface area (Å²) < 4.78 is 0. The number of anilines is 1. The third-order valence-corrected chi connectivity index (χ3v) is 3.60. The summed E-state index contributed by atoms with van der Waals surface area (Å²) in [5.74, 6) is -0.297. The van der Waals surface area contributed by atoms with Crippen LogP contribution in [0.25, 0.3) is 0 Å². The number of fused-ring (bicyclic) bond motifs is 1. The molecule has 1 aromatic rings. The molecule has 0 saturated carbocycles. The van der Waals surface area contributed by atoms with E-state index in [2.05, 4.69) is 28.4 Å². The highest BCUT2D eigenvalue weighted by atomic mass is 16.1. The number of rotatable bonds is 5. The summed E-state index contributed by atoms with van der Waals surface area (Å²) in [6, 6.07) is 8.34. The molecule has 0 spiro atoms. The second-order valence-electron chi connectivity index (χ2n) is 5.03. The summed E-state index contributed by atoms with van der Waals surface area (Å²) in [7, 11) is 0. The summed E-state index contributed by atoms with van der Waals surface area (Å²) in [6.45, 7) is 6.16. The molecule has 0 aliphatic carbocycles. The minimum absolute atomic E-state index is 0.297. The lowest BCUT2D eigenvalue weighted by molar-refractivity contribution is -0.123. The number of carbonyl (C=O) groups excluding carboxylic acids is 1. The first-order chi connectivity index (χ1) is 8.57. The van der Waals surface area contributed by atoms with Crippen LogP contribution in [0.15, 0.2) is 24.3 Å². The highest BCUT2D eigenvalue weighted by molar-refractivity contribution is 5.85. The van der Waals surface area contributed by atoms with E-state index >= 15 is 0 Å². The molecule has 1 heterocycles. The van der Waals surface area contributed by atoms with E-state index in [1.165, 1.54) is 11.3 Å². The van der Waals surface area contributed by atoms with Crippen molar-refractivity contribution in [3.8, 4) is 0 Å². The lowest BCUT2D eigenvalue weighted by atomic mass is 10.0. The van der Waals surface area contributed by atoms with Gasteiger partial charge in [0.1, 0.15) is 5.54 Å². The minimum atomic E-state index is -0.674. The highest BCUT2D eigenvalue weighted by Crippen LogP contribution is 2.28. The van der Waals surface area contributed by atoms with Crippen molar-refractivity contribution in [2.75, 3.05) is 24.5 Å². The van der Waals surface area contributed by atoms with Gasteiger partial charge in [-0.05, 0) is 31.5 Å². The topological polar surface area (TPSA) is 58.4 Å². The van der Waals surface area contributed by atoms with Crippen LogP contribution < -0.4 is 16.0 Å². The first kappa shape index (κ1) is 12.9. The summed E-state index contributed by atoms with van der Waals surface area (Å²) >= 11 is 0. The molecule has 1 amide bonds. The van der Waals surface area contributed by atoms with Crippen molar-refractivity contribution in [3.63, 3.8) is 0 Å².